The van der Waals surface area contributed by atoms with Gasteiger partial charge in [0.05, 0.1) is 32.4 Å². The number of benzene rings is 1. The number of carbonyl (C=O) groups is 4. The number of carbonyl (C=O) groups excluding carboxylic acids is 4. The minimum atomic E-state index is -0.872. The van der Waals surface area contributed by atoms with E-state index in [9.17, 15) is 19.2 Å². The molecule has 2 heterocycles. The van der Waals surface area contributed by atoms with Gasteiger partial charge < -0.3 is 24.9 Å². The van der Waals surface area contributed by atoms with Gasteiger partial charge >= 0.3 is 0 Å². The van der Waals surface area contributed by atoms with Crippen LogP contribution >= 0.6 is 0 Å². The van der Waals surface area contributed by atoms with Crippen molar-refractivity contribution in [3.8, 4) is 5.75 Å². The first-order chi connectivity index (χ1) is 19.6. The van der Waals surface area contributed by atoms with Gasteiger partial charge in [-0.15, -0.1) is 0 Å². The summed E-state index contributed by atoms with van der Waals surface area (Å²) in [6, 6.07) is 6.37. The third-order valence-corrected chi connectivity index (χ3v) is 7.79. The average molecular weight is 566 g/mol. The second-order valence-electron chi connectivity index (χ2n) is 11.3. The number of methoxy groups -OCH3 is 1. The Balaban J connectivity index is 1.46. The van der Waals surface area contributed by atoms with Gasteiger partial charge in [0, 0.05) is 24.7 Å². The highest BCUT2D eigenvalue weighted by atomic mass is 16.6. The Morgan fingerprint density at radius 2 is 1.88 bits per heavy atom. The van der Waals surface area contributed by atoms with Crippen molar-refractivity contribution in [2.45, 2.75) is 76.9 Å². The van der Waals surface area contributed by atoms with Crippen LogP contribution in [0.4, 0.5) is 6.01 Å². The number of ketones is 3. The number of anilines is 1. The lowest BCUT2D eigenvalue weighted by atomic mass is 9.83. The fraction of sp³-hybridized carbons (Fsp3) is 0.516. The molecular weight excluding hydrogens is 526 g/mol. The summed E-state index contributed by atoms with van der Waals surface area (Å²) < 4.78 is 15.8. The van der Waals surface area contributed by atoms with Crippen molar-refractivity contribution in [2.75, 3.05) is 19.5 Å². The van der Waals surface area contributed by atoms with Crippen LogP contribution < -0.4 is 15.8 Å². The summed E-state index contributed by atoms with van der Waals surface area (Å²) in [5.41, 5.74) is 6.64. The zero-order valence-corrected chi connectivity index (χ0v) is 23.9. The number of nitrogens with two attached hydrogens (primary N) is 1. The molecule has 1 aromatic heterocycles. The number of hydrogen-bond donors (Lipinski definition) is 2. The topological polar surface area (TPSA) is 154 Å². The van der Waals surface area contributed by atoms with Gasteiger partial charge in [0.1, 0.15) is 22.9 Å². The molecule has 1 amide bonds. The van der Waals surface area contributed by atoms with Gasteiger partial charge in [0.15, 0.2) is 11.6 Å². The van der Waals surface area contributed by atoms with E-state index in [4.69, 9.17) is 19.6 Å². The van der Waals surface area contributed by atoms with E-state index in [1.165, 1.54) is 11.8 Å². The number of aromatic nitrogens is 1. The third-order valence-electron chi connectivity index (χ3n) is 7.79. The molecule has 1 aliphatic carbocycles. The van der Waals surface area contributed by atoms with E-state index in [2.05, 4.69) is 16.4 Å². The van der Waals surface area contributed by atoms with Gasteiger partial charge in [-0.2, -0.15) is 0 Å². The van der Waals surface area contributed by atoms with Gasteiger partial charge in [0.2, 0.25) is 5.91 Å². The molecular formula is C31H39N3O7. The first kappa shape index (κ1) is 30.2. The normalized spacial score (nSPS) is 20.0. The summed E-state index contributed by atoms with van der Waals surface area (Å²) in [6.45, 7) is 3.76. The van der Waals surface area contributed by atoms with Crippen LogP contribution in [0.5, 0.6) is 5.75 Å². The lowest BCUT2D eigenvalue weighted by Gasteiger charge is -2.24. The van der Waals surface area contributed by atoms with E-state index >= 15 is 0 Å². The third kappa shape index (κ3) is 8.36. The largest absolute Gasteiger partial charge is 0.497 e. The average Bonchev–Trinajstić information content (AvgIpc) is 3.28. The van der Waals surface area contributed by atoms with Crippen LogP contribution in [0.15, 0.2) is 46.5 Å². The SMILES string of the molecule is COc1ccc(C[C@H](NC(=O)[C@H](C)CC(=O)Cc2cnc(N)o2)C(=O)C[C@@H](CC2=CCCC2)C(=O)[C@@]2(C)CO2)cc1. The number of Topliss-reactive ketones (excluding diaryl/α,β-unsaturated/α-hetero) is 3. The number of ether oxygens (including phenoxy) is 2. The smallest absolute Gasteiger partial charge is 0.292 e. The van der Waals surface area contributed by atoms with Crippen LogP contribution in [0.3, 0.4) is 0 Å². The molecule has 41 heavy (non-hydrogen) atoms. The lowest BCUT2D eigenvalue weighted by Crippen LogP contribution is -2.46. The molecule has 0 saturated carbocycles. The monoisotopic (exact) mass is 565 g/mol. The van der Waals surface area contributed by atoms with Gasteiger partial charge in [-0.05, 0) is 56.7 Å². The second kappa shape index (κ2) is 13.2. The van der Waals surface area contributed by atoms with Gasteiger partial charge in [-0.1, -0.05) is 30.7 Å². The standard InChI is InChI=1S/C31H39N3O7/c1-19(12-23(35)16-25-17-33-30(32)41-25)29(38)34-26(14-21-8-10-24(39-3)11-9-21)27(36)15-22(13-20-6-4-5-7-20)28(37)31(2)18-40-31/h6,8-11,17,19,22,26H,4-5,7,12-16,18H2,1-3H3,(H2,32,33)(H,34,38)/t19-,22-,26+,31-/m1/s1. The molecule has 1 aromatic carbocycles. The minimum Gasteiger partial charge on any atom is -0.497 e. The molecule has 0 bridgehead atoms. The molecule has 2 aromatic rings. The fourth-order valence-electron chi connectivity index (χ4n) is 5.23. The number of nitrogens with zero attached hydrogens (tertiary/aromatic N) is 1. The first-order valence-corrected chi connectivity index (χ1v) is 14.1. The number of nitrogens with one attached hydrogen (secondary N) is 1. The van der Waals surface area contributed by atoms with E-state index in [1.54, 1.807) is 33.1 Å². The van der Waals surface area contributed by atoms with E-state index in [-0.39, 0.29) is 49.0 Å². The van der Waals surface area contributed by atoms with E-state index in [0.717, 1.165) is 24.8 Å². The number of amides is 1. The van der Waals surface area contributed by atoms with Crippen LogP contribution in [-0.2, 0) is 36.8 Å². The minimum absolute atomic E-state index is 0.00352. The van der Waals surface area contributed by atoms with Crippen molar-refractivity contribution in [3.05, 3.63) is 53.4 Å². The summed E-state index contributed by atoms with van der Waals surface area (Å²) in [5, 5.41) is 2.87. The zero-order valence-electron chi connectivity index (χ0n) is 23.9. The fourth-order valence-corrected chi connectivity index (χ4v) is 5.23. The number of allylic oxidation sites excluding steroid dienone is 2. The molecule has 1 saturated heterocycles. The molecule has 0 radical (unpaired) electrons. The Kier molecular flexibility index (Phi) is 9.75. The van der Waals surface area contributed by atoms with Crippen LogP contribution in [0.2, 0.25) is 0 Å². The molecule has 0 spiro atoms. The predicted octanol–water partition coefficient (Wildman–Crippen LogP) is 3.56. The van der Waals surface area contributed by atoms with Crippen molar-refractivity contribution in [1.29, 1.82) is 0 Å². The van der Waals surface area contributed by atoms with Gasteiger partial charge in [0.25, 0.3) is 6.01 Å². The van der Waals surface area contributed by atoms with Crippen LogP contribution in [-0.4, -0.2) is 53.6 Å². The Hall–Kier alpha value is -3.79. The van der Waals surface area contributed by atoms with Crippen molar-refractivity contribution < 1.29 is 33.1 Å². The molecule has 4 rings (SSSR count). The van der Waals surface area contributed by atoms with Crippen molar-refractivity contribution >= 4 is 29.3 Å². The molecule has 1 aliphatic heterocycles. The molecule has 2 aliphatic rings. The Labute approximate surface area is 240 Å². The molecule has 10 nitrogen and oxygen atoms in total. The van der Waals surface area contributed by atoms with Crippen LogP contribution in [0, 0.1) is 11.8 Å². The predicted molar refractivity (Wildman–Crippen MR) is 151 cm³/mol. The highest BCUT2D eigenvalue weighted by Crippen LogP contribution is 2.35. The molecule has 0 unspecified atom stereocenters. The number of epoxide rings is 1. The molecule has 1 fully saturated rings. The molecule has 3 N–H and O–H groups in total. The lowest BCUT2D eigenvalue weighted by molar-refractivity contribution is -0.134. The Morgan fingerprint density at radius 1 is 1.15 bits per heavy atom. The summed E-state index contributed by atoms with van der Waals surface area (Å²) in [4.78, 5) is 56.7. The first-order valence-electron chi connectivity index (χ1n) is 14.1. The second-order valence-corrected chi connectivity index (χ2v) is 11.3. The summed E-state index contributed by atoms with van der Waals surface area (Å²) in [6.07, 6.45) is 7.18. The van der Waals surface area contributed by atoms with Gasteiger partial charge in [-0.25, -0.2) is 4.98 Å². The maximum absolute atomic E-state index is 13.8. The molecule has 220 valence electrons. The number of nitrogen functional groups attached to an aromatic ring is 1. The van der Waals surface area contributed by atoms with Crippen molar-refractivity contribution in [1.82, 2.24) is 10.3 Å². The Morgan fingerprint density at radius 3 is 2.46 bits per heavy atom. The van der Waals surface area contributed by atoms with E-state index in [0.29, 0.717) is 24.5 Å². The highest BCUT2D eigenvalue weighted by Gasteiger charge is 2.50. The van der Waals surface area contributed by atoms with Crippen molar-refractivity contribution in [3.63, 3.8) is 0 Å². The number of rotatable bonds is 16. The zero-order chi connectivity index (χ0) is 29.6. The number of hydrogen-bond acceptors (Lipinski definition) is 9. The maximum Gasteiger partial charge on any atom is 0.292 e. The highest BCUT2D eigenvalue weighted by molar-refractivity contribution is 5.97. The van der Waals surface area contributed by atoms with Crippen LogP contribution in [0.25, 0.3) is 0 Å². The van der Waals surface area contributed by atoms with Crippen LogP contribution in [0.1, 0.15) is 63.7 Å². The van der Waals surface area contributed by atoms with E-state index < -0.39 is 29.4 Å². The number of oxazole rings is 1. The maximum atomic E-state index is 13.8. The quantitative estimate of drug-likeness (QED) is 0.230. The summed E-state index contributed by atoms with van der Waals surface area (Å²) >= 11 is 0. The van der Waals surface area contributed by atoms with E-state index in [1.807, 2.05) is 12.1 Å². The van der Waals surface area contributed by atoms with Crippen molar-refractivity contribution in [2.24, 2.45) is 11.8 Å². The van der Waals surface area contributed by atoms with Gasteiger partial charge in [-0.3, -0.25) is 19.2 Å². The molecule has 4 atom stereocenters. The summed E-state index contributed by atoms with van der Waals surface area (Å²) in [7, 11) is 1.57. The summed E-state index contributed by atoms with van der Waals surface area (Å²) in [5.74, 6) is -1.14. The Bertz CT molecular complexity index is 1290. The molecule has 10 heteroatoms.